The molecule has 0 spiro atoms. The summed E-state index contributed by atoms with van der Waals surface area (Å²) in [5, 5.41) is 0. The van der Waals surface area contributed by atoms with Crippen molar-refractivity contribution in [3.8, 4) is 0 Å². The minimum atomic E-state index is -0.335. The van der Waals surface area contributed by atoms with Gasteiger partial charge in [-0.3, -0.25) is 14.5 Å². The van der Waals surface area contributed by atoms with Gasteiger partial charge in [0.05, 0.1) is 0 Å². The van der Waals surface area contributed by atoms with E-state index in [2.05, 4.69) is 23.7 Å². The molecule has 1 aliphatic heterocycles. The fraction of sp³-hybridized carbons (Fsp3) is 0.455. The number of amides is 1. The number of H-pyrrole nitrogens is 1. The number of halogens is 1. The minimum Gasteiger partial charge on any atom is -0.337 e. The van der Waals surface area contributed by atoms with Crippen molar-refractivity contribution in [1.82, 2.24) is 14.8 Å². The Morgan fingerprint density at radius 3 is 2.54 bits per heavy atom. The molecule has 1 aromatic carbocycles. The number of nitrogens with one attached hydrogen (secondary N) is 1. The maximum Gasteiger partial charge on any atom is 0.260 e. The van der Waals surface area contributed by atoms with Gasteiger partial charge in [-0.2, -0.15) is 0 Å². The van der Waals surface area contributed by atoms with E-state index in [-0.39, 0.29) is 28.9 Å². The summed E-state index contributed by atoms with van der Waals surface area (Å²) in [5.74, 6) is -0.110. The summed E-state index contributed by atoms with van der Waals surface area (Å²) in [6.07, 6.45) is 0.833. The van der Waals surface area contributed by atoms with E-state index in [4.69, 9.17) is 0 Å². The first kappa shape index (κ1) is 20.3. The zero-order chi connectivity index (χ0) is 20.3. The second kappa shape index (κ2) is 8.69. The zero-order valence-electron chi connectivity index (χ0n) is 16.7. The number of nitrogens with zero attached hydrogens (tertiary/aromatic N) is 2. The maximum absolute atomic E-state index is 13.2. The smallest absolute Gasteiger partial charge is 0.260 e. The number of aromatic nitrogens is 1. The van der Waals surface area contributed by atoms with E-state index in [1.54, 1.807) is 24.0 Å². The second-order valence-electron chi connectivity index (χ2n) is 7.90. The molecule has 1 saturated heterocycles. The van der Waals surface area contributed by atoms with Crippen molar-refractivity contribution in [2.24, 2.45) is 5.92 Å². The number of pyridine rings is 1. The topological polar surface area (TPSA) is 56.4 Å². The lowest BCUT2D eigenvalue weighted by Crippen LogP contribution is -2.46. The molecule has 0 aliphatic carbocycles. The monoisotopic (exact) mass is 385 g/mol. The lowest BCUT2D eigenvalue weighted by Gasteiger charge is -2.34. The van der Waals surface area contributed by atoms with Gasteiger partial charge in [0.25, 0.3) is 11.5 Å². The van der Waals surface area contributed by atoms with E-state index in [1.165, 1.54) is 12.1 Å². The molecular formula is C22H28FN3O2. The largest absolute Gasteiger partial charge is 0.337 e. The van der Waals surface area contributed by atoms with Gasteiger partial charge in [-0.1, -0.05) is 26.0 Å². The van der Waals surface area contributed by atoms with Crippen molar-refractivity contribution in [3.63, 3.8) is 0 Å². The predicted octanol–water partition coefficient (Wildman–Crippen LogP) is 3.20. The molecule has 2 heterocycles. The number of hydrogen-bond acceptors (Lipinski definition) is 3. The van der Waals surface area contributed by atoms with Crippen molar-refractivity contribution in [3.05, 3.63) is 69.4 Å². The lowest BCUT2D eigenvalue weighted by molar-refractivity contribution is 0.0700. The normalized spacial score (nSPS) is 18.3. The molecule has 1 aromatic heterocycles. The molecule has 0 radical (unpaired) electrons. The first-order valence-electron chi connectivity index (χ1n) is 9.83. The molecule has 6 heteroatoms. The van der Waals surface area contributed by atoms with Gasteiger partial charge >= 0.3 is 0 Å². The van der Waals surface area contributed by atoms with Crippen LogP contribution >= 0.6 is 0 Å². The Balaban J connectivity index is 1.79. The molecule has 0 bridgehead atoms. The number of hydrogen-bond donors (Lipinski definition) is 1. The van der Waals surface area contributed by atoms with E-state index in [0.29, 0.717) is 19.0 Å². The van der Waals surface area contributed by atoms with E-state index in [9.17, 15) is 14.0 Å². The number of carbonyl (C=O) groups is 1. The molecule has 2 aromatic rings. The van der Waals surface area contributed by atoms with E-state index in [0.717, 1.165) is 30.8 Å². The number of benzene rings is 1. The summed E-state index contributed by atoms with van der Waals surface area (Å²) < 4.78 is 13.2. The van der Waals surface area contributed by atoms with Crippen molar-refractivity contribution in [2.75, 3.05) is 19.6 Å². The van der Waals surface area contributed by atoms with Crippen LogP contribution in [0.4, 0.5) is 4.39 Å². The molecule has 1 fully saturated rings. The fourth-order valence-corrected chi connectivity index (χ4v) is 3.81. The van der Waals surface area contributed by atoms with Gasteiger partial charge in [0.15, 0.2) is 0 Å². The highest BCUT2D eigenvalue weighted by Crippen LogP contribution is 2.21. The van der Waals surface area contributed by atoms with Gasteiger partial charge in [-0.15, -0.1) is 0 Å². The van der Waals surface area contributed by atoms with Gasteiger partial charge in [0, 0.05) is 37.9 Å². The van der Waals surface area contributed by atoms with Crippen LogP contribution in [0, 0.1) is 18.7 Å². The van der Waals surface area contributed by atoms with Gasteiger partial charge in [-0.05, 0) is 49.1 Å². The maximum atomic E-state index is 13.2. The summed E-state index contributed by atoms with van der Waals surface area (Å²) in [5.41, 5.74) is 1.66. The Labute approximate surface area is 165 Å². The third kappa shape index (κ3) is 4.68. The Kier molecular flexibility index (Phi) is 6.29. The first-order chi connectivity index (χ1) is 13.3. The highest BCUT2D eigenvalue weighted by molar-refractivity contribution is 5.93. The van der Waals surface area contributed by atoms with Crippen LogP contribution in [0.3, 0.4) is 0 Å². The van der Waals surface area contributed by atoms with Crippen molar-refractivity contribution in [1.29, 1.82) is 0 Å². The van der Waals surface area contributed by atoms with Gasteiger partial charge < -0.3 is 9.88 Å². The Morgan fingerprint density at radius 2 is 1.89 bits per heavy atom. The molecular weight excluding hydrogens is 357 g/mol. The molecule has 1 aliphatic rings. The molecule has 1 unspecified atom stereocenters. The van der Waals surface area contributed by atoms with Crippen LogP contribution in [-0.4, -0.2) is 46.4 Å². The summed E-state index contributed by atoms with van der Waals surface area (Å²) >= 11 is 0. The van der Waals surface area contributed by atoms with Crippen molar-refractivity contribution >= 4 is 5.91 Å². The summed E-state index contributed by atoms with van der Waals surface area (Å²) in [6, 6.07) is 10.1. The summed E-state index contributed by atoms with van der Waals surface area (Å²) in [6.45, 7) is 8.86. The highest BCUT2D eigenvalue weighted by atomic mass is 19.1. The van der Waals surface area contributed by atoms with Crippen LogP contribution in [-0.2, 0) is 6.54 Å². The molecule has 1 N–H and O–H groups in total. The zero-order valence-corrected chi connectivity index (χ0v) is 16.7. The number of aromatic amines is 1. The van der Waals surface area contributed by atoms with Crippen molar-refractivity contribution < 1.29 is 9.18 Å². The lowest BCUT2D eigenvalue weighted by atomic mass is 10.0. The minimum absolute atomic E-state index is 0.168. The Morgan fingerprint density at radius 1 is 1.18 bits per heavy atom. The van der Waals surface area contributed by atoms with Gasteiger partial charge in [0.1, 0.15) is 11.4 Å². The van der Waals surface area contributed by atoms with Crippen LogP contribution in [0.5, 0.6) is 0 Å². The van der Waals surface area contributed by atoms with Crippen LogP contribution in [0.25, 0.3) is 0 Å². The number of rotatable bonds is 4. The van der Waals surface area contributed by atoms with Crippen LogP contribution in [0.1, 0.15) is 41.9 Å². The molecule has 3 rings (SSSR count). The SMILES string of the molecule is Cc1ccc(C(=O)N2CCCN(Cc3ccc(F)cc3)C(C(C)C)C2)c(=O)[nH]1. The molecule has 5 nitrogen and oxygen atoms in total. The molecule has 1 atom stereocenters. The van der Waals surface area contributed by atoms with E-state index in [1.807, 2.05) is 12.1 Å². The average molecular weight is 385 g/mol. The molecule has 28 heavy (non-hydrogen) atoms. The third-order valence-corrected chi connectivity index (χ3v) is 5.39. The van der Waals surface area contributed by atoms with Crippen LogP contribution in [0.15, 0.2) is 41.2 Å². The standard InChI is InChI=1S/C22H28FN3O2/c1-15(2)20-14-26(22(28)19-10-5-16(3)24-21(19)27)12-4-11-25(20)13-17-6-8-18(23)9-7-17/h5-10,15,20H,4,11-14H2,1-3H3,(H,24,27). The Bertz CT molecular complexity index is 876. The second-order valence-corrected chi connectivity index (χ2v) is 7.90. The first-order valence-corrected chi connectivity index (χ1v) is 9.83. The number of aryl methyl sites for hydroxylation is 1. The summed E-state index contributed by atoms with van der Waals surface area (Å²) in [4.78, 5) is 32.1. The summed E-state index contributed by atoms with van der Waals surface area (Å²) in [7, 11) is 0. The van der Waals surface area contributed by atoms with Crippen LogP contribution < -0.4 is 5.56 Å². The molecule has 150 valence electrons. The average Bonchev–Trinajstić information content (AvgIpc) is 2.86. The quantitative estimate of drug-likeness (QED) is 0.879. The fourth-order valence-electron chi connectivity index (χ4n) is 3.81. The highest BCUT2D eigenvalue weighted by Gasteiger charge is 2.30. The predicted molar refractivity (Wildman–Crippen MR) is 108 cm³/mol. The molecule has 1 amide bonds. The Hall–Kier alpha value is -2.47. The third-order valence-electron chi connectivity index (χ3n) is 5.39. The van der Waals surface area contributed by atoms with Gasteiger partial charge in [0.2, 0.25) is 0 Å². The van der Waals surface area contributed by atoms with Gasteiger partial charge in [-0.25, -0.2) is 4.39 Å². The van der Waals surface area contributed by atoms with Crippen molar-refractivity contribution in [2.45, 2.75) is 39.8 Å². The van der Waals surface area contributed by atoms with E-state index >= 15 is 0 Å². The number of carbonyl (C=O) groups excluding carboxylic acids is 1. The molecule has 0 saturated carbocycles. The van der Waals surface area contributed by atoms with E-state index < -0.39 is 0 Å². The van der Waals surface area contributed by atoms with Crippen LogP contribution in [0.2, 0.25) is 0 Å².